The summed E-state index contributed by atoms with van der Waals surface area (Å²) in [5, 5.41) is 2.47. The van der Waals surface area contributed by atoms with Crippen LogP contribution in [0.15, 0.2) is 18.5 Å². The molecule has 0 aliphatic rings. The van der Waals surface area contributed by atoms with E-state index >= 15 is 0 Å². The second-order valence-electron chi connectivity index (χ2n) is 3.23. The fourth-order valence-corrected chi connectivity index (χ4v) is 1.10. The Morgan fingerprint density at radius 3 is 2.75 bits per heavy atom. The van der Waals surface area contributed by atoms with Gasteiger partial charge in [-0.1, -0.05) is 0 Å². The van der Waals surface area contributed by atoms with Gasteiger partial charge in [0.2, 0.25) is 0 Å². The predicted octanol–water partition coefficient (Wildman–Crippen LogP) is -0.0449. The number of hydrogen-bond donors (Lipinski definition) is 2. The van der Waals surface area contributed by atoms with Crippen molar-refractivity contribution in [2.24, 2.45) is 0 Å². The molecule has 1 unspecified atom stereocenters. The highest BCUT2D eigenvalue weighted by atomic mass is 16.5. The Bertz CT molecular complexity index is 406. The molecule has 16 heavy (non-hydrogen) atoms. The Morgan fingerprint density at radius 2 is 2.19 bits per heavy atom. The minimum absolute atomic E-state index is 0.302. The number of carbonyl (C=O) groups excluding carboxylic acids is 2. The van der Waals surface area contributed by atoms with Gasteiger partial charge in [0, 0.05) is 12.4 Å². The molecule has 1 amide bonds. The van der Waals surface area contributed by atoms with Crippen LogP contribution in [-0.2, 0) is 9.53 Å². The Morgan fingerprint density at radius 1 is 1.50 bits per heavy atom. The number of nitrogens with one attached hydrogen (secondary N) is 1. The van der Waals surface area contributed by atoms with Crippen molar-refractivity contribution >= 4 is 17.6 Å². The fraction of sp³-hybridized carbons (Fsp3) is 0.300. The third-order valence-corrected chi connectivity index (χ3v) is 1.92. The largest absolute Gasteiger partial charge is 0.467 e. The van der Waals surface area contributed by atoms with Crippen molar-refractivity contribution in [3.8, 4) is 0 Å². The maximum Gasteiger partial charge on any atom is 0.328 e. The minimum atomic E-state index is -0.709. The summed E-state index contributed by atoms with van der Waals surface area (Å²) in [6, 6.07) is 0.769. The van der Waals surface area contributed by atoms with Crippen LogP contribution in [0.25, 0.3) is 0 Å². The first-order valence-electron chi connectivity index (χ1n) is 4.64. The molecule has 6 heteroatoms. The van der Waals surface area contributed by atoms with E-state index in [0.29, 0.717) is 11.3 Å². The third kappa shape index (κ3) is 2.94. The zero-order valence-electron chi connectivity index (χ0n) is 9.06. The van der Waals surface area contributed by atoms with Crippen LogP contribution in [0.2, 0.25) is 0 Å². The van der Waals surface area contributed by atoms with Gasteiger partial charge in [0.05, 0.1) is 18.4 Å². The predicted molar refractivity (Wildman–Crippen MR) is 57.6 cm³/mol. The number of amides is 1. The Hall–Kier alpha value is -2.11. The molecule has 0 radical (unpaired) electrons. The lowest BCUT2D eigenvalue weighted by Gasteiger charge is -2.11. The van der Waals surface area contributed by atoms with Gasteiger partial charge in [-0.3, -0.25) is 9.78 Å². The zero-order valence-corrected chi connectivity index (χ0v) is 9.06. The van der Waals surface area contributed by atoms with Crippen LogP contribution in [0.4, 0.5) is 5.69 Å². The number of ether oxygens (including phenoxy) is 1. The third-order valence-electron chi connectivity index (χ3n) is 1.92. The molecular weight excluding hydrogens is 210 g/mol. The number of anilines is 1. The first-order chi connectivity index (χ1) is 7.54. The molecule has 0 aliphatic carbocycles. The van der Waals surface area contributed by atoms with Crippen LogP contribution in [-0.4, -0.2) is 30.0 Å². The number of nitrogens with zero attached hydrogens (tertiary/aromatic N) is 1. The molecule has 1 aromatic heterocycles. The average Bonchev–Trinajstić information content (AvgIpc) is 2.27. The summed E-state index contributed by atoms with van der Waals surface area (Å²) in [7, 11) is 1.26. The van der Waals surface area contributed by atoms with E-state index in [2.05, 4.69) is 15.0 Å². The minimum Gasteiger partial charge on any atom is -0.467 e. The van der Waals surface area contributed by atoms with Crippen molar-refractivity contribution in [3.05, 3.63) is 24.0 Å². The van der Waals surface area contributed by atoms with Gasteiger partial charge in [0.15, 0.2) is 0 Å². The van der Waals surface area contributed by atoms with Gasteiger partial charge >= 0.3 is 5.97 Å². The maximum atomic E-state index is 11.6. The van der Waals surface area contributed by atoms with Gasteiger partial charge in [-0.05, 0) is 13.0 Å². The zero-order chi connectivity index (χ0) is 12.1. The van der Waals surface area contributed by atoms with Crippen molar-refractivity contribution in [1.29, 1.82) is 0 Å². The summed E-state index contributed by atoms with van der Waals surface area (Å²) in [5.74, 6) is -0.928. The van der Waals surface area contributed by atoms with Gasteiger partial charge in [0.25, 0.3) is 5.91 Å². The number of nitrogens with two attached hydrogens (primary N) is 1. The molecule has 3 N–H and O–H groups in total. The summed E-state index contributed by atoms with van der Waals surface area (Å²) in [4.78, 5) is 26.5. The number of pyridine rings is 1. The van der Waals surface area contributed by atoms with Crippen LogP contribution in [0.5, 0.6) is 0 Å². The highest BCUT2D eigenvalue weighted by molar-refractivity contribution is 5.96. The Labute approximate surface area is 92.8 Å². The average molecular weight is 223 g/mol. The molecular formula is C10H13N3O3. The SMILES string of the molecule is COC(=O)C(C)NC(=O)c1cncc(N)c1. The van der Waals surface area contributed by atoms with Gasteiger partial charge in [-0.15, -0.1) is 0 Å². The molecule has 1 atom stereocenters. The topological polar surface area (TPSA) is 94.3 Å². The van der Waals surface area contributed by atoms with Gasteiger partial charge in [-0.25, -0.2) is 4.79 Å². The van der Waals surface area contributed by atoms with E-state index in [1.54, 1.807) is 0 Å². The van der Waals surface area contributed by atoms with Crippen LogP contribution in [0, 0.1) is 0 Å². The number of nitrogen functional groups attached to an aromatic ring is 1. The molecule has 0 aliphatic heterocycles. The monoisotopic (exact) mass is 223 g/mol. The van der Waals surface area contributed by atoms with Gasteiger partial charge in [-0.2, -0.15) is 0 Å². The molecule has 0 fully saturated rings. The number of methoxy groups -OCH3 is 1. The van der Waals surface area contributed by atoms with E-state index in [1.165, 1.54) is 32.5 Å². The fourth-order valence-electron chi connectivity index (χ4n) is 1.10. The molecule has 0 saturated heterocycles. The summed E-state index contributed by atoms with van der Waals surface area (Å²) in [6.07, 6.45) is 2.80. The van der Waals surface area contributed by atoms with Gasteiger partial charge < -0.3 is 15.8 Å². The normalized spacial score (nSPS) is 11.6. The van der Waals surface area contributed by atoms with Crippen molar-refractivity contribution in [3.63, 3.8) is 0 Å². The van der Waals surface area contributed by atoms with Crippen molar-refractivity contribution in [2.75, 3.05) is 12.8 Å². The first kappa shape index (κ1) is 12.0. The summed E-state index contributed by atoms with van der Waals surface area (Å²) >= 11 is 0. The Balaban J connectivity index is 2.69. The molecule has 1 aromatic rings. The summed E-state index contributed by atoms with van der Waals surface area (Å²) < 4.78 is 4.48. The number of hydrogen-bond acceptors (Lipinski definition) is 5. The van der Waals surface area contributed by atoms with E-state index in [9.17, 15) is 9.59 Å². The second-order valence-corrected chi connectivity index (χ2v) is 3.23. The van der Waals surface area contributed by atoms with Crippen LogP contribution in [0.3, 0.4) is 0 Å². The lowest BCUT2D eigenvalue weighted by atomic mass is 10.2. The molecule has 86 valence electrons. The summed E-state index contributed by atoms with van der Waals surface area (Å²) in [5.41, 5.74) is 6.17. The van der Waals surface area contributed by atoms with Crippen LogP contribution >= 0.6 is 0 Å². The Kier molecular flexibility index (Phi) is 3.82. The first-order valence-corrected chi connectivity index (χ1v) is 4.64. The molecule has 0 spiro atoms. The molecule has 0 aromatic carbocycles. The van der Waals surface area contributed by atoms with E-state index in [-0.39, 0.29) is 0 Å². The number of carbonyl (C=O) groups is 2. The van der Waals surface area contributed by atoms with Crippen molar-refractivity contribution < 1.29 is 14.3 Å². The molecule has 1 heterocycles. The van der Waals surface area contributed by atoms with Crippen molar-refractivity contribution in [1.82, 2.24) is 10.3 Å². The highest BCUT2D eigenvalue weighted by Gasteiger charge is 2.16. The van der Waals surface area contributed by atoms with Crippen LogP contribution in [0.1, 0.15) is 17.3 Å². The maximum absolute atomic E-state index is 11.6. The van der Waals surface area contributed by atoms with E-state index in [1.807, 2.05) is 0 Å². The highest BCUT2D eigenvalue weighted by Crippen LogP contribution is 2.04. The smallest absolute Gasteiger partial charge is 0.328 e. The molecule has 6 nitrogen and oxygen atoms in total. The lowest BCUT2D eigenvalue weighted by Crippen LogP contribution is -2.39. The number of esters is 1. The van der Waals surface area contributed by atoms with E-state index < -0.39 is 17.9 Å². The lowest BCUT2D eigenvalue weighted by molar-refractivity contribution is -0.142. The number of rotatable bonds is 3. The molecule has 0 saturated carbocycles. The van der Waals surface area contributed by atoms with E-state index in [0.717, 1.165) is 0 Å². The quantitative estimate of drug-likeness (QED) is 0.701. The van der Waals surface area contributed by atoms with Crippen LogP contribution < -0.4 is 11.1 Å². The standard InChI is InChI=1S/C10H13N3O3/c1-6(10(15)16-2)13-9(14)7-3-8(11)5-12-4-7/h3-6H,11H2,1-2H3,(H,13,14). The molecule has 1 rings (SSSR count). The number of aromatic nitrogens is 1. The molecule has 0 bridgehead atoms. The summed E-state index contributed by atoms with van der Waals surface area (Å²) in [6.45, 7) is 1.53. The van der Waals surface area contributed by atoms with Crippen molar-refractivity contribution in [2.45, 2.75) is 13.0 Å². The van der Waals surface area contributed by atoms with Gasteiger partial charge in [0.1, 0.15) is 6.04 Å². The second kappa shape index (κ2) is 5.11. The van der Waals surface area contributed by atoms with E-state index in [4.69, 9.17) is 5.73 Å².